The molecule has 0 spiro atoms. The zero-order chi connectivity index (χ0) is 18.8. The van der Waals surface area contributed by atoms with Crippen molar-refractivity contribution in [2.45, 2.75) is 57.3 Å². The summed E-state index contributed by atoms with van der Waals surface area (Å²) in [4.78, 5) is 19.1. The van der Waals surface area contributed by atoms with Gasteiger partial charge in [-0.25, -0.2) is 4.98 Å². The van der Waals surface area contributed by atoms with Crippen LogP contribution in [0.1, 0.15) is 60.3 Å². The monoisotopic (exact) mass is 372 g/mol. The van der Waals surface area contributed by atoms with Gasteiger partial charge in [0.2, 0.25) is 17.7 Å². The molecule has 0 unspecified atom stereocenters. The van der Waals surface area contributed by atoms with Crippen molar-refractivity contribution in [3.8, 4) is 5.88 Å². The molecule has 1 aliphatic carbocycles. The van der Waals surface area contributed by atoms with Crippen molar-refractivity contribution in [2.24, 2.45) is 0 Å². The van der Waals surface area contributed by atoms with Crippen LogP contribution in [0.4, 0.5) is 0 Å². The third-order valence-corrected chi connectivity index (χ3v) is 5.26. The molecule has 2 aliphatic rings. The third-order valence-electron chi connectivity index (χ3n) is 5.26. The Kier molecular flexibility index (Phi) is 5.07. The van der Waals surface area contributed by atoms with Gasteiger partial charge >= 0.3 is 0 Å². The molecule has 0 radical (unpaired) electrons. The molecule has 1 amide bonds. The lowest BCUT2D eigenvalue weighted by molar-refractivity contribution is 0.0673. The topological polar surface area (TPSA) is 90.6 Å². The molecule has 0 aromatic carbocycles. The highest BCUT2D eigenvalue weighted by atomic mass is 16.5. The molecule has 0 bridgehead atoms. The first-order chi connectivity index (χ1) is 13.1. The second-order valence-corrected chi connectivity index (χ2v) is 7.14. The number of pyridine rings is 1. The van der Waals surface area contributed by atoms with E-state index >= 15 is 0 Å². The number of methoxy groups -OCH3 is 1. The van der Waals surface area contributed by atoms with Gasteiger partial charge in [-0.15, -0.1) is 10.2 Å². The van der Waals surface area contributed by atoms with Crippen LogP contribution in [-0.2, 0) is 4.74 Å². The molecule has 8 heteroatoms. The summed E-state index contributed by atoms with van der Waals surface area (Å²) in [6.45, 7) is 2.21. The lowest BCUT2D eigenvalue weighted by Gasteiger charge is -2.22. The number of likely N-dealkylation sites (tertiary alicyclic amines) is 1. The molecule has 2 aromatic rings. The number of aromatic nitrogens is 3. The van der Waals surface area contributed by atoms with E-state index in [1.807, 2.05) is 0 Å². The molecule has 1 saturated heterocycles. The molecule has 8 nitrogen and oxygen atoms in total. The van der Waals surface area contributed by atoms with Crippen LogP contribution in [0.3, 0.4) is 0 Å². The Labute approximate surface area is 157 Å². The van der Waals surface area contributed by atoms with Crippen LogP contribution in [0.15, 0.2) is 22.7 Å². The predicted molar refractivity (Wildman–Crippen MR) is 95.3 cm³/mol. The minimum Gasteiger partial charge on any atom is -0.474 e. The lowest BCUT2D eigenvalue weighted by Crippen LogP contribution is -2.32. The smallest absolute Gasteiger partial charge is 0.256 e. The first kappa shape index (κ1) is 17.9. The summed E-state index contributed by atoms with van der Waals surface area (Å²) >= 11 is 0. The number of nitrogens with zero attached hydrogens (tertiary/aromatic N) is 4. The minimum atomic E-state index is -0.293. The van der Waals surface area contributed by atoms with E-state index in [1.54, 1.807) is 37.3 Å². The zero-order valence-corrected chi connectivity index (χ0v) is 15.6. The Bertz CT molecular complexity index is 785. The summed E-state index contributed by atoms with van der Waals surface area (Å²) in [6.07, 6.45) is 6.91. The number of hydrogen-bond donors (Lipinski definition) is 0. The van der Waals surface area contributed by atoms with Crippen molar-refractivity contribution in [3.05, 3.63) is 35.7 Å². The Morgan fingerprint density at radius 2 is 2.04 bits per heavy atom. The maximum atomic E-state index is 13.1. The maximum Gasteiger partial charge on any atom is 0.256 e. The van der Waals surface area contributed by atoms with E-state index in [0.29, 0.717) is 36.2 Å². The Balaban J connectivity index is 1.49. The Morgan fingerprint density at radius 1 is 1.22 bits per heavy atom. The van der Waals surface area contributed by atoms with Crippen LogP contribution in [0.5, 0.6) is 5.88 Å². The van der Waals surface area contributed by atoms with Crippen molar-refractivity contribution in [1.29, 1.82) is 0 Å². The molecule has 3 heterocycles. The van der Waals surface area contributed by atoms with E-state index < -0.39 is 0 Å². The van der Waals surface area contributed by atoms with Gasteiger partial charge in [-0.1, -0.05) is 0 Å². The normalized spacial score (nSPS) is 23.1. The van der Waals surface area contributed by atoms with Crippen LogP contribution in [0, 0.1) is 6.92 Å². The zero-order valence-electron chi connectivity index (χ0n) is 15.6. The number of rotatable bonds is 5. The first-order valence-corrected chi connectivity index (χ1v) is 9.40. The van der Waals surface area contributed by atoms with Gasteiger partial charge in [-0.05, 0) is 31.7 Å². The highest BCUT2D eigenvalue weighted by molar-refractivity contribution is 5.94. The van der Waals surface area contributed by atoms with Gasteiger partial charge in [0, 0.05) is 39.3 Å². The lowest BCUT2D eigenvalue weighted by atomic mass is 10.2. The van der Waals surface area contributed by atoms with Gasteiger partial charge in [-0.2, -0.15) is 0 Å². The molecule has 0 N–H and O–H groups in total. The average molecular weight is 372 g/mol. The molecule has 144 valence electrons. The van der Waals surface area contributed by atoms with E-state index in [1.165, 1.54) is 12.8 Å². The van der Waals surface area contributed by atoms with E-state index in [9.17, 15) is 4.79 Å². The summed E-state index contributed by atoms with van der Waals surface area (Å²) in [7, 11) is 1.64. The SMILES string of the molecule is CO[C@@H]1C[C@H](c2nnc(C)o2)N(C(=O)c2ccc(OC3CCCC3)nc2)C1. The summed E-state index contributed by atoms with van der Waals surface area (Å²) in [5.41, 5.74) is 0.506. The fourth-order valence-electron chi connectivity index (χ4n) is 3.79. The number of aryl methyl sites for hydroxylation is 1. The summed E-state index contributed by atoms with van der Waals surface area (Å²) < 4.78 is 16.9. The molecule has 1 aliphatic heterocycles. The summed E-state index contributed by atoms with van der Waals surface area (Å²) in [6, 6.07) is 3.23. The fourth-order valence-corrected chi connectivity index (χ4v) is 3.79. The van der Waals surface area contributed by atoms with E-state index in [0.717, 1.165) is 12.8 Å². The van der Waals surface area contributed by atoms with Gasteiger partial charge < -0.3 is 18.8 Å². The number of carbonyl (C=O) groups excluding carboxylic acids is 1. The van der Waals surface area contributed by atoms with Gasteiger partial charge in [0.05, 0.1) is 11.7 Å². The second kappa shape index (κ2) is 7.64. The predicted octanol–water partition coefficient (Wildman–Crippen LogP) is 2.70. The van der Waals surface area contributed by atoms with Gasteiger partial charge in [0.15, 0.2) is 0 Å². The van der Waals surface area contributed by atoms with Crippen molar-refractivity contribution in [1.82, 2.24) is 20.1 Å². The number of ether oxygens (including phenoxy) is 2. The molecule has 4 rings (SSSR count). The summed E-state index contributed by atoms with van der Waals surface area (Å²) in [5.74, 6) is 1.36. The highest BCUT2D eigenvalue weighted by Gasteiger charge is 2.39. The van der Waals surface area contributed by atoms with Crippen molar-refractivity contribution < 1.29 is 18.7 Å². The summed E-state index contributed by atoms with van der Waals surface area (Å²) in [5, 5.41) is 7.98. The van der Waals surface area contributed by atoms with E-state index in [-0.39, 0.29) is 24.2 Å². The van der Waals surface area contributed by atoms with Crippen molar-refractivity contribution >= 4 is 5.91 Å². The largest absolute Gasteiger partial charge is 0.474 e. The fraction of sp³-hybridized carbons (Fsp3) is 0.579. The second-order valence-electron chi connectivity index (χ2n) is 7.14. The number of hydrogen-bond acceptors (Lipinski definition) is 7. The van der Waals surface area contributed by atoms with Crippen LogP contribution in [0.25, 0.3) is 0 Å². The van der Waals surface area contributed by atoms with Gasteiger partial charge in [0.1, 0.15) is 12.1 Å². The molecule has 2 atom stereocenters. The third kappa shape index (κ3) is 3.80. The number of carbonyl (C=O) groups is 1. The van der Waals surface area contributed by atoms with Crippen LogP contribution in [-0.4, -0.2) is 51.9 Å². The van der Waals surface area contributed by atoms with Crippen LogP contribution < -0.4 is 4.74 Å². The highest BCUT2D eigenvalue weighted by Crippen LogP contribution is 2.34. The molecule has 1 saturated carbocycles. The van der Waals surface area contributed by atoms with Crippen molar-refractivity contribution in [2.75, 3.05) is 13.7 Å². The molecule has 2 aromatic heterocycles. The first-order valence-electron chi connectivity index (χ1n) is 9.40. The Morgan fingerprint density at radius 3 is 2.67 bits per heavy atom. The van der Waals surface area contributed by atoms with Crippen LogP contribution in [0.2, 0.25) is 0 Å². The molecule has 27 heavy (non-hydrogen) atoms. The average Bonchev–Trinajstić information content (AvgIpc) is 3.42. The molecular formula is C19H24N4O4. The van der Waals surface area contributed by atoms with E-state index in [2.05, 4.69) is 15.2 Å². The Hall–Kier alpha value is -2.48. The van der Waals surface area contributed by atoms with Crippen molar-refractivity contribution in [3.63, 3.8) is 0 Å². The standard InChI is InChI=1S/C19H24N4O4/c1-12-21-22-18(26-12)16-9-15(25-2)11-23(16)19(24)13-7-8-17(20-10-13)27-14-5-3-4-6-14/h7-8,10,14-16H,3-6,9,11H2,1-2H3/t15-,16-/m1/s1. The van der Waals surface area contributed by atoms with E-state index in [4.69, 9.17) is 13.9 Å². The molecule has 2 fully saturated rings. The van der Waals surface area contributed by atoms with Crippen LogP contribution >= 0.6 is 0 Å². The number of amides is 1. The quantitative estimate of drug-likeness (QED) is 0.797. The van der Waals surface area contributed by atoms with Gasteiger partial charge in [0.25, 0.3) is 5.91 Å². The molecular weight excluding hydrogens is 348 g/mol. The van der Waals surface area contributed by atoms with Gasteiger partial charge in [-0.3, -0.25) is 4.79 Å². The minimum absolute atomic E-state index is 0.0657. The maximum absolute atomic E-state index is 13.1.